The number of carbonyl (C=O) groups excluding carboxylic acids is 1. The minimum absolute atomic E-state index is 0.117. The first-order valence-corrected chi connectivity index (χ1v) is 10.8. The van der Waals surface area contributed by atoms with Crippen LogP contribution in [-0.4, -0.2) is 66.0 Å². The molecule has 1 unspecified atom stereocenters. The van der Waals surface area contributed by atoms with Crippen molar-refractivity contribution in [2.45, 2.75) is 39.0 Å². The van der Waals surface area contributed by atoms with Crippen molar-refractivity contribution in [3.63, 3.8) is 0 Å². The number of halogens is 1. The molecule has 2 aliphatic heterocycles. The van der Waals surface area contributed by atoms with Crippen LogP contribution in [0.2, 0.25) is 5.15 Å². The summed E-state index contributed by atoms with van der Waals surface area (Å²) < 4.78 is 29.0. The molecular formula is C17H24ClN3O4S. The van der Waals surface area contributed by atoms with Crippen molar-refractivity contribution >= 4 is 27.5 Å². The van der Waals surface area contributed by atoms with Crippen LogP contribution in [0.1, 0.15) is 38.1 Å². The first-order valence-electron chi connectivity index (χ1n) is 8.62. The molecule has 0 N–H and O–H groups in total. The van der Waals surface area contributed by atoms with E-state index in [0.717, 1.165) is 11.3 Å². The zero-order valence-corrected chi connectivity index (χ0v) is 16.8. The first kappa shape index (κ1) is 19.4. The largest absolute Gasteiger partial charge is 0.444 e. The van der Waals surface area contributed by atoms with Crippen LogP contribution >= 0.6 is 11.6 Å². The Morgan fingerprint density at radius 1 is 1.27 bits per heavy atom. The Kier molecular flexibility index (Phi) is 5.20. The van der Waals surface area contributed by atoms with Gasteiger partial charge in [-0.1, -0.05) is 17.7 Å². The molecule has 0 aromatic carbocycles. The zero-order valence-electron chi connectivity index (χ0n) is 15.2. The third kappa shape index (κ3) is 4.47. The van der Waals surface area contributed by atoms with Gasteiger partial charge in [0.05, 0.1) is 29.8 Å². The highest BCUT2D eigenvalue weighted by atomic mass is 35.5. The molecule has 0 saturated carbocycles. The topological polar surface area (TPSA) is 79.8 Å². The van der Waals surface area contributed by atoms with Crippen LogP contribution in [0, 0.1) is 0 Å². The van der Waals surface area contributed by atoms with Crippen LogP contribution in [-0.2, 0) is 21.1 Å². The van der Waals surface area contributed by atoms with Crippen LogP contribution in [0.3, 0.4) is 0 Å². The second-order valence-corrected chi connectivity index (χ2v) is 10.4. The molecule has 26 heavy (non-hydrogen) atoms. The Balaban J connectivity index is 1.87. The molecule has 3 rings (SSSR count). The van der Waals surface area contributed by atoms with E-state index in [1.165, 1.54) is 0 Å². The summed E-state index contributed by atoms with van der Waals surface area (Å²) >= 11 is 6.08. The number of amides is 1. The molecule has 1 aromatic heterocycles. The van der Waals surface area contributed by atoms with Crippen LogP contribution in [0.15, 0.2) is 12.1 Å². The SMILES string of the molecule is CC(C)(C)OC(=O)N1Cc2ccc(Cl)nc2C(N2CCS(=O)(=O)CC2)C1. The van der Waals surface area contributed by atoms with E-state index in [-0.39, 0.29) is 23.6 Å². The molecule has 0 radical (unpaired) electrons. The molecule has 0 bridgehead atoms. The van der Waals surface area contributed by atoms with Gasteiger partial charge in [-0.05, 0) is 32.4 Å². The Morgan fingerprint density at radius 3 is 2.54 bits per heavy atom. The third-order valence-corrected chi connectivity index (χ3v) is 6.34. The fourth-order valence-electron chi connectivity index (χ4n) is 3.26. The van der Waals surface area contributed by atoms with E-state index in [4.69, 9.17) is 16.3 Å². The average molecular weight is 402 g/mol. The average Bonchev–Trinajstić information content (AvgIpc) is 2.52. The molecule has 0 aliphatic carbocycles. The summed E-state index contributed by atoms with van der Waals surface area (Å²) in [7, 11) is -2.99. The molecule has 1 aromatic rings. The highest BCUT2D eigenvalue weighted by molar-refractivity contribution is 7.91. The van der Waals surface area contributed by atoms with E-state index in [9.17, 15) is 13.2 Å². The molecular weight excluding hydrogens is 378 g/mol. The van der Waals surface area contributed by atoms with E-state index < -0.39 is 15.4 Å². The van der Waals surface area contributed by atoms with Crippen molar-refractivity contribution < 1.29 is 17.9 Å². The van der Waals surface area contributed by atoms with Gasteiger partial charge < -0.3 is 9.64 Å². The maximum Gasteiger partial charge on any atom is 0.410 e. The Bertz CT molecular complexity index is 793. The van der Waals surface area contributed by atoms with Gasteiger partial charge in [0.2, 0.25) is 0 Å². The number of fused-ring (bicyclic) bond motifs is 1. The third-order valence-electron chi connectivity index (χ3n) is 4.52. The van der Waals surface area contributed by atoms with Gasteiger partial charge in [-0.2, -0.15) is 0 Å². The van der Waals surface area contributed by atoms with Crippen molar-refractivity contribution in [3.8, 4) is 0 Å². The zero-order chi connectivity index (χ0) is 19.1. The van der Waals surface area contributed by atoms with Gasteiger partial charge in [-0.15, -0.1) is 0 Å². The molecule has 0 spiro atoms. The highest BCUT2D eigenvalue weighted by Gasteiger charge is 2.37. The van der Waals surface area contributed by atoms with E-state index in [1.54, 1.807) is 11.0 Å². The van der Waals surface area contributed by atoms with Gasteiger partial charge in [0.15, 0.2) is 9.84 Å². The lowest BCUT2D eigenvalue weighted by Gasteiger charge is -2.41. The number of nitrogens with zero attached hydrogens (tertiary/aromatic N) is 3. The lowest BCUT2D eigenvalue weighted by molar-refractivity contribution is 0.0134. The summed E-state index contributed by atoms with van der Waals surface area (Å²) in [5, 5.41) is 0.393. The summed E-state index contributed by atoms with van der Waals surface area (Å²) in [4.78, 5) is 20.8. The highest BCUT2D eigenvalue weighted by Crippen LogP contribution is 2.32. The minimum atomic E-state index is -2.99. The van der Waals surface area contributed by atoms with E-state index >= 15 is 0 Å². The minimum Gasteiger partial charge on any atom is -0.444 e. The van der Waals surface area contributed by atoms with Crippen LogP contribution in [0.4, 0.5) is 4.79 Å². The molecule has 7 nitrogen and oxygen atoms in total. The van der Waals surface area contributed by atoms with Gasteiger partial charge in [0.25, 0.3) is 0 Å². The van der Waals surface area contributed by atoms with Crippen LogP contribution < -0.4 is 0 Å². The van der Waals surface area contributed by atoms with Gasteiger partial charge in [0.1, 0.15) is 10.8 Å². The van der Waals surface area contributed by atoms with E-state index in [1.807, 2.05) is 26.8 Å². The monoisotopic (exact) mass is 401 g/mol. The van der Waals surface area contributed by atoms with Crippen molar-refractivity contribution in [2.75, 3.05) is 31.1 Å². The lowest BCUT2D eigenvalue weighted by Crippen LogP contribution is -2.50. The second kappa shape index (κ2) is 6.98. The Morgan fingerprint density at radius 2 is 1.92 bits per heavy atom. The van der Waals surface area contributed by atoms with Crippen LogP contribution in [0.25, 0.3) is 0 Å². The number of carbonyl (C=O) groups is 1. The van der Waals surface area contributed by atoms with Crippen molar-refractivity contribution in [3.05, 3.63) is 28.5 Å². The number of sulfone groups is 1. The number of rotatable bonds is 1. The predicted octanol–water partition coefficient (Wildman–Crippen LogP) is 2.26. The van der Waals surface area contributed by atoms with Crippen molar-refractivity contribution in [2.24, 2.45) is 0 Å². The summed E-state index contributed by atoms with van der Waals surface area (Å²) in [6.07, 6.45) is -0.382. The number of ether oxygens (including phenoxy) is 1. The van der Waals surface area contributed by atoms with Gasteiger partial charge in [-0.25, -0.2) is 18.2 Å². The van der Waals surface area contributed by atoms with Gasteiger partial charge in [-0.3, -0.25) is 4.90 Å². The number of hydrogen-bond acceptors (Lipinski definition) is 6. The summed E-state index contributed by atoms with van der Waals surface area (Å²) in [5.41, 5.74) is 1.14. The molecule has 144 valence electrons. The quantitative estimate of drug-likeness (QED) is 0.671. The molecule has 3 heterocycles. The maximum atomic E-state index is 12.6. The van der Waals surface area contributed by atoms with E-state index in [2.05, 4.69) is 9.88 Å². The smallest absolute Gasteiger partial charge is 0.410 e. The lowest BCUT2D eigenvalue weighted by atomic mass is 10.00. The van der Waals surface area contributed by atoms with Crippen molar-refractivity contribution in [1.29, 1.82) is 0 Å². The Hall–Kier alpha value is -1.38. The fraction of sp³-hybridized carbons (Fsp3) is 0.647. The number of aromatic nitrogens is 1. The van der Waals surface area contributed by atoms with Crippen molar-refractivity contribution in [1.82, 2.24) is 14.8 Å². The van der Waals surface area contributed by atoms with Gasteiger partial charge in [0, 0.05) is 19.6 Å². The molecule has 1 amide bonds. The molecule has 2 aliphatic rings. The summed E-state index contributed by atoms with van der Waals surface area (Å²) in [6, 6.07) is 3.38. The summed E-state index contributed by atoms with van der Waals surface area (Å²) in [6.45, 7) is 7.13. The molecule has 1 fully saturated rings. The standard InChI is InChI=1S/C17H24ClN3O4S/c1-17(2,3)25-16(22)21-10-12-4-5-14(18)19-15(12)13(11-21)20-6-8-26(23,24)9-7-20/h4-5,13H,6-11H2,1-3H3. The molecule has 1 saturated heterocycles. The maximum absolute atomic E-state index is 12.6. The fourth-order valence-corrected chi connectivity index (χ4v) is 4.64. The van der Waals surface area contributed by atoms with Gasteiger partial charge >= 0.3 is 6.09 Å². The van der Waals surface area contributed by atoms with Crippen LogP contribution in [0.5, 0.6) is 0 Å². The summed E-state index contributed by atoms with van der Waals surface area (Å²) in [5.74, 6) is 0.234. The number of pyridine rings is 1. The predicted molar refractivity (Wildman–Crippen MR) is 98.9 cm³/mol. The Labute approximate surface area is 159 Å². The normalized spacial score (nSPS) is 23.4. The molecule has 9 heteroatoms. The second-order valence-electron chi connectivity index (χ2n) is 7.74. The first-order chi connectivity index (χ1) is 12.0. The van der Waals surface area contributed by atoms with E-state index in [0.29, 0.717) is 31.3 Å². The molecule has 1 atom stereocenters. The number of hydrogen-bond donors (Lipinski definition) is 0.